The first-order chi connectivity index (χ1) is 8.83. The molecule has 0 saturated heterocycles. The van der Waals surface area contributed by atoms with Gasteiger partial charge in [-0.25, -0.2) is 0 Å². The third-order valence-electron chi connectivity index (χ3n) is 3.80. The van der Waals surface area contributed by atoms with E-state index in [2.05, 4.69) is 34.5 Å². The van der Waals surface area contributed by atoms with Gasteiger partial charge >= 0.3 is 0 Å². The fraction of sp³-hybridized carbons (Fsp3) is 0.467. The Hall–Kier alpha value is -1.06. The molecule has 1 unspecified atom stereocenters. The molecule has 0 radical (unpaired) electrons. The summed E-state index contributed by atoms with van der Waals surface area (Å²) in [6.45, 7) is 1.07. The Labute approximate surface area is 112 Å². The van der Waals surface area contributed by atoms with Crippen LogP contribution in [0.15, 0.2) is 29.9 Å². The molecule has 1 atom stereocenters. The minimum absolute atomic E-state index is 0.255. The summed E-state index contributed by atoms with van der Waals surface area (Å²) in [5.74, 6) is 0. The predicted molar refractivity (Wildman–Crippen MR) is 76.9 cm³/mol. The second-order valence-corrected chi connectivity index (χ2v) is 6.19. The van der Waals surface area contributed by atoms with Gasteiger partial charge in [0, 0.05) is 29.9 Å². The van der Waals surface area contributed by atoms with Gasteiger partial charge in [0.15, 0.2) is 0 Å². The fourth-order valence-electron chi connectivity index (χ4n) is 2.77. The predicted octanol–water partition coefficient (Wildman–Crippen LogP) is 3.52. The monoisotopic (exact) mass is 260 g/mol. The van der Waals surface area contributed by atoms with Crippen LogP contribution in [0.5, 0.6) is 0 Å². The fourth-order valence-corrected chi connectivity index (χ4v) is 3.47. The molecule has 0 aromatic carbocycles. The zero-order valence-electron chi connectivity index (χ0n) is 10.6. The third-order valence-corrected chi connectivity index (χ3v) is 4.74. The largest absolute Gasteiger partial charge is 0.353 e. The number of hydrogen-bond acceptors (Lipinski definition) is 2. The number of aromatic nitrogens is 1. The highest BCUT2D eigenvalue weighted by Gasteiger charge is 2.17. The maximum atomic E-state index is 6.24. The van der Waals surface area contributed by atoms with Gasteiger partial charge in [-0.2, -0.15) is 0 Å². The Kier molecular flexibility index (Phi) is 3.52. The minimum Gasteiger partial charge on any atom is -0.353 e. The summed E-state index contributed by atoms with van der Waals surface area (Å²) >= 11 is 1.84. The molecule has 0 amide bonds. The molecular formula is C15H20N2S. The summed E-state index contributed by atoms with van der Waals surface area (Å²) in [6.07, 6.45) is 10.6. The molecule has 0 saturated carbocycles. The van der Waals surface area contributed by atoms with Crippen LogP contribution in [0.25, 0.3) is 0 Å². The highest BCUT2D eigenvalue weighted by Crippen LogP contribution is 2.27. The Balaban J connectivity index is 1.72. The molecule has 2 N–H and O–H groups in total. The summed E-state index contributed by atoms with van der Waals surface area (Å²) in [6, 6.07) is 4.59. The summed E-state index contributed by atoms with van der Waals surface area (Å²) < 4.78 is 2.33. The van der Waals surface area contributed by atoms with Gasteiger partial charge < -0.3 is 10.3 Å². The maximum Gasteiger partial charge on any atom is 0.0312 e. The zero-order chi connectivity index (χ0) is 12.4. The topological polar surface area (TPSA) is 30.9 Å². The maximum absolute atomic E-state index is 6.24. The van der Waals surface area contributed by atoms with Crippen molar-refractivity contribution < 1.29 is 0 Å². The Morgan fingerprint density at radius 2 is 2.28 bits per heavy atom. The molecule has 0 fully saturated rings. The Morgan fingerprint density at radius 3 is 3.11 bits per heavy atom. The second-order valence-electron chi connectivity index (χ2n) is 5.16. The SMILES string of the molecule is NC1CCCCc2cn(CCc3cccs3)cc21. The van der Waals surface area contributed by atoms with Crippen molar-refractivity contribution in [3.8, 4) is 0 Å². The number of fused-ring (bicyclic) bond motifs is 1. The highest BCUT2D eigenvalue weighted by molar-refractivity contribution is 7.09. The van der Waals surface area contributed by atoms with Crippen molar-refractivity contribution in [1.29, 1.82) is 0 Å². The number of nitrogens with two attached hydrogens (primary N) is 1. The molecule has 2 aromatic rings. The summed E-state index contributed by atoms with van der Waals surface area (Å²) in [4.78, 5) is 1.46. The average molecular weight is 260 g/mol. The lowest BCUT2D eigenvalue weighted by Gasteiger charge is -2.07. The standard InChI is InChI=1S/C15H20N2S/c16-15-6-2-1-4-12-10-17(11-14(12)15)8-7-13-5-3-9-18-13/h3,5,9-11,15H,1-2,4,6-8,16H2. The van der Waals surface area contributed by atoms with E-state index in [1.807, 2.05) is 11.3 Å². The zero-order valence-corrected chi connectivity index (χ0v) is 11.5. The van der Waals surface area contributed by atoms with E-state index in [1.165, 1.54) is 35.3 Å². The van der Waals surface area contributed by atoms with Gasteiger partial charge in [-0.3, -0.25) is 0 Å². The molecule has 2 heterocycles. The van der Waals surface area contributed by atoms with E-state index in [9.17, 15) is 0 Å². The normalized spacial score (nSPS) is 19.5. The summed E-state index contributed by atoms with van der Waals surface area (Å²) in [5, 5.41) is 2.15. The van der Waals surface area contributed by atoms with Crippen LogP contribution in [0.1, 0.15) is 41.3 Å². The van der Waals surface area contributed by atoms with E-state index in [0.717, 1.165) is 19.4 Å². The van der Waals surface area contributed by atoms with Crippen LogP contribution in [-0.4, -0.2) is 4.57 Å². The molecule has 96 valence electrons. The van der Waals surface area contributed by atoms with Crippen LogP contribution in [-0.2, 0) is 19.4 Å². The van der Waals surface area contributed by atoms with Gasteiger partial charge in [0.05, 0.1) is 0 Å². The number of rotatable bonds is 3. The van der Waals surface area contributed by atoms with Crippen LogP contribution in [0.3, 0.4) is 0 Å². The summed E-state index contributed by atoms with van der Waals surface area (Å²) in [7, 11) is 0. The van der Waals surface area contributed by atoms with Crippen molar-refractivity contribution in [2.45, 2.75) is 44.7 Å². The van der Waals surface area contributed by atoms with Crippen molar-refractivity contribution in [2.24, 2.45) is 5.73 Å². The van der Waals surface area contributed by atoms with E-state index >= 15 is 0 Å². The number of nitrogens with zero attached hydrogens (tertiary/aromatic N) is 1. The van der Waals surface area contributed by atoms with Crippen LogP contribution in [0, 0.1) is 0 Å². The molecule has 18 heavy (non-hydrogen) atoms. The van der Waals surface area contributed by atoms with E-state index in [0.29, 0.717) is 0 Å². The number of aryl methyl sites for hydroxylation is 3. The highest BCUT2D eigenvalue weighted by atomic mass is 32.1. The molecule has 0 bridgehead atoms. The van der Waals surface area contributed by atoms with Gasteiger partial charge in [0.25, 0.3) is 0 Å². The lowest BCUT2D eigenvalue weighted by Crippen LogP contribution is -2.09. The van der Waals surface area contributed by atoms with E-state index in [1.54, 1.807) is 0 Å². The molecule has 2 aromatic heterocycles. The van der Waals surface area contributed by atoms with E-state index in [-0.39, 0.29) is 6.04 Å². The van der Waals surface area contributed by atoms with E-state index in [4.69, 9.17) is 5.73 Å². The summed E-state index contributed by atoms with van der Waals surface area (Å²) in [5.41, 5.74) is 9.10. The van der Waals surface area contributed by atoms with E-state index < -0.39 is 0 Å². The molecular weight excluding hydrogens is 240 g/mol. The number of hydrogen-bond donors (Lipinski definition) is 1. The lowest BCUT2D eigenvalue weighted by atomic mass is 10.1. The average Bonchev–Trinajstić information content (AvgIpc) is 2.98. The second kappa shape index (κ2) is 5.29. The van der Waals surface area contributed by atoms with Gasteiger partial charge in [-0.15, -0.1) is 11.3 Å². The van der Waals surface area contributed by atoms with Crippen LogP contribution in [0.4, 0.5) is 0 Å². The minimum atomic E-state index is 0.255. The van der Waals surface area contributed by atoms with Gasteiger partial charge in [0.2, 0.25) is 0 Å². The molecule has 3 rings (SSSR count). The smallest absolute Gasteiger partial charge is 0.0312 e. The molecule has 0 aliphatic heterocycles. The molecule has 1 aliphatic carbocycles. The molecule has 0 spiro atoms. The molecule has 3 heteroatoms. The van der Waals surface area contributed by atoms with Crippen molar-refractivity contribution in [3.05, 3.63) is 45.9 Å². The van der Waals surface area contributed by atoms with Crippen molar-refractivity contribution in [1.82, 2.24) is 4.57 Å². The first kappa shape index (κ1) is 12.0. The lowest BCUT2D eigenvalue weighted by molar-refractivity contribution is 0.606. The van der Waals surface area contributed by atoms with Crippen LogP contribution < -0.4 is 5.73 Å². The van der Waals surface area contributed by atoms with Crippen molar-refractivity contribution in [2.75, 3.05) is 0 Å². The van der Waals surface area contributed by atoms with Gasteiger partial charge in [-0.05, 0) is 48.3 Å². The third kappa shape index (κ3) is 2.52. The van der Waals surface area contributed by atoms with Gasteiger partial charge in [0.1, 0.15) is 0 Å². The van der Waals surface area contributed by atoms with Crippen LogP contribution >= 0.6 is 11.3 Å². The van der Waals surface area contributed by atoms with Crippen LogP contribution in [0.2, 0.25) is 0 Å². The molecule has 1 aliphatic rings. The van der Waals surface area contributed by atoms with Crippen molar-refractivity contribution >= 4 is 11.3 Å². The van der Waals surface area contributed by atoms with Crippen molar-refractivity contribution in [3.63, 3.8) is 0 Å². The quantitative estimate of drug-likeness (QED) is 0.841. The number of thiophene rings is 1. The van der Waals surface area contributed by atoms with Gasteiger partial charge in [-0.1, -0.05) is 12.5 Å². The first-order valence-corrected chi connectivity index (χ1v) is 7.67. The Bertz CT molecular complexity index is 499. The Morgan fingerprint density at radius 1 is 1.33 bits per heavy atom. The first-order valence-electron chi connectivity index (χ1n) is 6.79. The molecule has 2 nitrogen and oxygen atoms in total.